The van der Waals surface area contributed by atoms with Crippen LogP contribution >= 0.6 is 0 Å². The number of hydrogen-bond acceptors (Lipinski definition) is 9. The maximum Gasteiger partial charge on any atom is 0.340 e. The number of likely N-dealkylation sites (N-methyl/N-ethyl adjacent to an activating group) is 1. The van der Waals surface area contributed by atoms with Gasteiger partial charge in [-0.15, -0.1) is 0 Å². The van der Waals surface area contributed by atoms with Gasteiger partial charge in [0.15, 0.2) is 5.60 Å². The number of esters is 2. The van der Waals surface area contributed by atoms with Crippen LogP contribution in [0.4, 0.5) is 5.69 Å². The first kappa shape index (κ1) is 35.6. The second kappa shape index (κ2) is 12.2. The number of carbonyl (C=O) groups excluding carboxylic acids is 2. The number of rotatable bonds is 6. The van der Waals surface area contributed by atoms with Gasteiger partial charge in [0.05, 0.1) is 27.4 Å². The summed E-state index contributed by atoms with van der Waals surface area (Å²) in [6, 6.07) is 12.0. The van der Waals surface area contributed by atoms with Gasteiger partial charge in [0.2, 0.25) is 0 Å². The summed E-state index contributed by atoms with van der Waals surface area (Å²) in [5.74, 6) is -0.718. The molecule has 1 aromatic heterocycles. The number of aliphatic hydroxyl groups is 1. The standard InChI is InChI=1S/C44H54N4O6/c1-8-27-19-28-22-43(39(49)53-6,36-30(25-47(23-27)24-28)29-13-10-11-14-33(29)45-36)32-20-31-34(21-35(32)52-5)46(4)38-42(31)16-18-48-17-12-15-41(9-2,37(42)48)26(3)44(38,51)40(50)54-7/h10-15,19-21,26,28,37-38,45,51H,8-9,16-18,22-25H2,1-7H3/t26-,28?,37+,38-,41+,42?,43+,44-/m1/s1. The van der Waals surface area contributed by atoms with Crippen LogP contribution in [0.25, 0.3) is 10.9 Å². The van der Waals surface area contributed by atoms with Crippen molar-refractivity contribution in [1.29, 1.82) is 0 Å². The molecular formula is C44H54N4O6. The number of aromatic amines is 1. The van der Waals surface area contributed by atoms with Crippen LogP contribution in [0.1, 0.15) is 68.8 Å². The van der Waals surface area contributed by atoms with Gasteiger partial charge in [0.25, 0.3) is 0 Å². The van der Waals surface area contributed by atoms with Crippen molar-refractivity contribution in [3.63, 3.8) is 0 Å². The van der Waals surface area contributed by atoms with Gasteiger partial charge in [-0.1, -0.05) is 62.8 Å². The first-order valence-electron chi connectivity index (χ1n) is 19.8. The van der Waals surface area contributed by atoms with Crippen LogP contribution in [0.5, 0.6) is 5.75 Å². The number of anilines is 1. The van der Waals surface area contributed by atoms with E-state index in [1.54, 1.807) is 7.11 Å². The largest absolute Gasteiger partial charge is 0.496 e. The Labute approximate surface area is 318 Å². The summed E-state index contributed by atoms with van der Waals surface area (Å²) in [6.07, 6.45) is 9.82. The third kappa shape index (κ3) is 4.22. The molecule has 10 heteroatoms. The first-order valence-corrected chi connectivity index (χ1v) is 19.8. The van der Waals surface area contributed by atoms with Crippen LogP contribution in [0.3, 0.4) is 0 Å². The van der Waals surface area contributed by atoms with E-state index >= 15 is 4.79 Å². The van der Waals surface area contributed by atoms with Gasteiger partial charge in [-0.3, -0.25) is 14.6 Å². The molecule has 2 N–H and O–H groups in total. The van der Waals surface area contributed by atoms with E-state index in [1.807, 2.05) is 20.0 Å². The van der Waals surface area contributed by atoms with Crippen LogP contribution in [0, 0.1) is 17.3 Å². The molecule has 2 fully saturated rings. The highest BCUT2D eigenvalue weighted by Gasteiger charge is 2.78. The number of methoxy groups -OCH3 is 3. The van der Waals surface area contributed by atoms with Crippen molar-refractivity contribution in [2.45, 2.75) is 81.5 Å². The summed E-state index contributed by atoms with van der Waals surface area (Å²) >= 11 is 0. The highest BCUT2D eigenvalue weighted by atomic mass is 16.5. The fraction of sp³-hybridized carbons (Fsp3) is 0.545. The normalized spacial score (nSPS) is 36.3. The van der Waals surface area contributed by atoms with E-state index in [1.165, 1.54) is 19.8 Å². The lowest BCUT2D eigenvalue weighted by Gasteiger charge is -2.64. The molecule has 9 atom stereocenters. The van der Waals surface area contributed by atoms with E-state index in [0.29, 0.717) is 18.7 Å². The lowest BCUT2D eigenvalue weighted by Crippen LogP contribution is -2.78. The van der Waals surface area contributed by atoms with Crippen molar-refractivity contribution in [3.8, 4) is 5.75 Å². The van der Waals surface area contributed by atoms with Crippen molar-refractivity contribution < 1.29 is 28.9 Å². The minimum absolute atomic E-state index is 0.00636. The molecule has 5 aliphatic heterocycles. The Morgan fingerprint density at radius 1 is 1.02 bits per heavy atom. The molecule has 2 bridgehead atoms. The van der Waals surface area contributed by atoms with Crippen molar-refractivity contribution in [3.05, 3.63) is 82.6 Å². The van der Waals surface area contributed by atoms with E-state index in [-0.39, 0.29) is 17.9 Å². The van der Waals surface area contributed by atoms with Gasteiger partial charge in [-0.05, 0) is 61.4 Å². The first-order chi connectivity index (χ1) is 26.0. The molecule has 6 heterocycles. The second-order valence-corrected chi connectivity index (χ2v) is 16.9. The minimum Gasteiger partial charge on any atom is -0.496 e. The molecule has 1 spiro atoms. The van der Waals surface area contributed by atoms with E-state index in [4.69, 9.17) is 14.2 Å². The van der Waals surface area contributed by atoms with Gasteiger partial charge >= 0.3 is 11.9 Å². The number of carbonyl (C=O) groups is 2. The Hall–Kier alpha value is -4.12. The highest BCUT2D eigenvalue weighted by Crippen LogP contribution is 2.69. The number of benzene rings is 2. The number of hydrogen-bond donors (Lipinski definition) is 2. The molecule has 1 aliphatic carbocycles. The summed E-state index contributed by atoms with van der Waals surface area (Å²) in [5.41, 5.74) is 2.75. The number of aromatic nitrogens is 1. The molecule has 1 saturated heterocycles. The Bertz CT molecular complexity index is 2120. The predicted octanol–water partition coefficient (Wildman–Crippen LogP) is 5.46. The number of fused-ring (bicyclic) bond motifs is 6. The number of H-pyrrole nitrogens is 1. The van der Waals surface area contributed by atoms with Crippen LogP contribution in [-0.4, -0.2) is 104 Å². The van der Waals surface area contributed by atoms with Gasteiger partial charge in [-0.2, -0.15) is 0 Å². The number of nitrogens with zero attached hydrogens (tertiary/aromatic N) is 3. The average Bonchev–Trinajstić information content (AvgIpc) is 3.84. The van der Waals surface area contributed by atoms with Gasteiger partial charge in [0.1, 0.15) is 11.2 Å². The smallest absolute Gasteiger partial charge is 0.340 e. The topological polar surface area (TPSA) is 108 Å². The Kier molecular flexibility index (Phi) is 8.03. The summed E-state index contributed by atoms with van der Waals surface area (Å²) in [6.45, 7) is 10.5. The van der Waals surface area contributed by atoms with E-state index < -0.39 is 39.8 Å². The zero-order chi connectivity index (χ0) is 37.9. The third-order valence-corrected chi connectivity index (χ3v) is 15.1. The summed E-state index contributed by atoms with van der Waals surface area (Å²) in [4.78, 5) is 40.3. The van der Waals surface area contributed by atoms with E-state index in [2.05, 4.69) is 82.1 Å². The zero-order valence-electron chi connectivity index (χ0n) is 32.7. The maximum atomic E-state index is 15.1. The Morgan fingerprint density at radius 3 is 2.52 bits per heavy atom. The third-order valence-electron chi connectivity index (χ3n) is 15.1. The second-order valence-electron chi connectivity index (χ2n) is 16.9. The van der Waals surface area contributed by atoms with E-state index in [0.717, 1.165) is 84.4 Å². The van der Waals surface area contributed by atoms with Gasteiger partial charge in [0, 0.05) is 89.9 Å². The van der Waals surface area contributed by atoms with Crippen molar-refractivity contribution in [2.24, 2.45) is 17.3 Å². The van der Waals surface area contributed by atoms with Gasteiger partial charge in [-0.25, -0.2) is 4.79 Å². The van der Waals surface area contributed by atoms with Crippen molar-refractivity contribution in [2.75, 3.05) is 59.5 Å². The molecule has 6 aliphatic rings. The summed E-state index contributed by atoms with van der Waals surface area (Å²) in [5, 5.41) is 14.2. The van der Waals surface area contributed by atoms with Crippen molar-refractivity contribution in [1.82, 2.24) is 14.8 Å². The lowest BCUT2D eigenvalue weighted by molar-refractivity contribution is -0.197. The van der Waals surface area contributed by atoms with Crippen LogP contribution in [-0.2, 0) is 36.4 Å². The van der Waals surface area contributed by atoms with Crippen LogP contribution < -0.4 is 9.64 Å². The van der Waals surface area contributed by atoms with E-state index in [9.17, 15) is 9.90 Å². The lowest BCUT2D eigenvalue weighted by atomic mass is 9.45. The Morgan fingerprint density at radius 2 is 1.80 bits per heavy atom. The van der Waals surface area contributed by atoms with Crippen molar-refractivity contribution >= 4 is 28.5 Å². The fourth-order valence-electron chi connectivity index (χ4n) is 12.9. The molecule has 0 radical (unpaired) electrons. The molecule has 10 nitrogen and oxygen atoms in total. The molecule has 286 valence electrons. The molecule has 1 saturated carbocycles. The minimum atomic E-state index is -1.82. The molecule has 0 amide bonds. The zero-order valence-corrected chi connectivity index (χ0v) is 32.7. The summed E-state index contributed by atoms with van der Waals surface area (Å²) in [7, 11) is 6.53. The van der Waals surface area contributed by atoms with Gasteiger partial charge < -0.3 is 29.2 Å². The summed E-state index contributed by atoms with van der Waals surface area (Å²) < 4.78 is 17.8. The Balaban J connectivity index is 1.37. The monoisotopic (exact) mass is 734 g/mol. The fourth-order valence-corrected chi connectivity index (χ4v) is 12.9. The molecule has 54 heavy (non-hydrogen) atoms. The molecule has 9 rings (SSSR count). The average molecular weight is 735 g/mol. The SMILES string of the molecule is CCC1=CC2CN(C1)Cc1c([nH]c3ccccc13)[C@@](C(=O)OC)(c1cc3c(cc1OC)N(C)[C@@H]1C34CCN3CC=C[C@](CC)([C@H]34)[C@@H](C)[C@]1(O)C(=O)OC)C2. The quantitative estimate of drug-likeness (QED) is 0.253. The molecule has 3 unspecified atom stereocenters. The number of nitrogens with one attached hydrogen (secondary N) is 1. The molecule has 2 aromatic carbocycles. The van der Waals surface area contributed by atoms with Crippen LogP contribution in [0.15, 0.2) is 60.2 Å². The number of ether oxygens (including phenoxy) is 3. The molecular weight excluding hydrogens is 681 g/mol. The maximum absolute atomic E-state index is 15.1. The highest BCUT2D eigenvalue weighted by molar-refractivity contribution is 5.95. The number of para-hydroxylation sites is 1. The van der Waals surface area contributed by atoms with Crippen LogP contribution in [0.2, 0.25) is 0 Å². The predicted molar refractivity (Wildman–Crippen MR) is 208 cm³/mol. The molecule has 3 aromatic rings.